The van der Waals surface area contributed by atoms with Crippen LogP contribution in [0.2, 0.25) is 0 Å². The van der Waals surface area contributed by atoms with Gasteiger partial charge in [0, 0.05) is 51.3 Å². The second kappa shape index (κ2) is 11.0. The number of carbonyl (C=O) groups excluding carboxylic acids is 2. The molecule has 190 valence electrons. The molecule has 1 aliphatic carbocycles. The molecule has 1 aliphatic heterocycles. The highest BCUT2D eigenvalue weighted by Gasteiger charge is 2.29. The molecule has 1 saturated carbocycles. The van der Waals surface area contributed by atoms with Crippen LogP contribution < -0.4 is 10.3 Å². The van der Waals surface area contributed by atoms with E-state index in [0.29, 0.717) is 61.0 Å². The highest BCUT2D eigenvalue weighted by atomic mass is 16.6. The third kappa shape index (κ3) is 5.57. The topological polar surface area (TPSA) is 111 Å². The van der Waals surface area contributed by atoms with Crippen molar-refractivity contribution in [3.8, 4) is 5.75 Å². The van der Waals surface area contributed by atoms with Crippen molar-refractivity contribution in [2.75, 3.05) is 27.2 Å². The van der Waals surface area contributed by atoms with E-state index in [1.807, 2.05) is 4.90 Å². The third-order valence-corrected chi connectivity index (χ3v) is 7.35. The van der Waals surface area contributed by atoms with Crippen LogP contribution in [0.4, 0.5) is 0 Å². The van der Waals surface area contributed by atoms with Gasteiger partial charge in [-0.3, -0.25) is 14.4 Å². The third-order valence-electron chi connectivity index (χ3n) is 7.35. The van der Waals surface area contributed by atoms with Crippen molar-refractivity contribution in [2.24, 2.45) is 5.92 Å². The van der Waals surface area contributed by atoms with E-state index in [9.17, 15) is 14.4 Å². The van der Waals surface area contributed by atoms with Gasteiger partial charge in [0.2, 0.25) is 5.91 Å². The molecule has 2 aliphatic rings. The fourth-order valence-electron chi connectivity index (χ4n) is 5.23. The van der Waals surface area contributed by atoms with E-state index in [0.717, 1.165) is 6.42 Å². The van der Waals surface area contributed by atoms with Crippen LogP contribution in [0.5, 0.6) is 5.75 Å². The summed E-state index contributed by atoms with van der Waals surface area (Å²) >= 11 is 0. The zero-order valence-electron chi connectivity index (χ0n) is 20.9. The Bertz CT molecular complexity index is 1120. The summed E-state index contributed by atoms with van der Waals surface area (Å²) in [6.07, 6.45) is 8.15. The molecule has 10 nitrogen and oxygen atoms in total. The first kappa shape index (κ1) is 24.9. The summed E-state index contributed by atoms with van der Waals surface area (Å²) in [5, 5.41) is 7.63. The average Bonchev–Trinajstić information content (AvgIpc) is 3.13. The molecule has 0 saturated heterocycles. The first-order chi connectivity index (χ1) is 16.9. The van der Waals surface area contributed by atoms with Crippen molar-refractivity contribution >= 4 is 11.8 Å². The number of pyridine rings is 1. The number of aryl methyl sites for hydroxylation is 1. The van der Waals surface area contributed by atoms with Gasteiger partial charge < -0.3 is 19.1 Å². The van der Waals surface area contributed by atoms with Crippen LogP contribution in [0.15, 0.2) is 15.5 Å². The smallest absolute Gasteiger partial charge is 0.259 e. The van der Waals surface area contributed by atoms with Gasteiger partial charge in [0.1, 0.15) is 22.7 Å². The lowest BCUT2D eigenvalue weighted by molar-refractivity contribution is -0.131. The largest absolute Gasteiger partial charge is 0.496 e. The van der Waals surface area contributed by atoms with Crippen LogP contribution in [0.25, 0.3) is 0 Å². The molecule has 2 aromatic heterocycles. The highest BCUT2D eigenvalue weighted by Crippen LogP contribution is 2.28. The first-order valence-corrected chi connectivity index (χ1v) is 12.5. The molecule has 0 atom stereocenters. The molecule has 2 aromatic rings. The van der Waals surface area contributed by atoms with Crippen LogP contribution in [0.1, 0.15) is 72.4 Å². The SMILES string of the molecule is COc1cc(=O)n2c(c1C(=O)N(C)Cc1nonc1C)CCN(C(=O)CCC1CCCCC1)CC2. The minimum atomic E-state index is -0.287. The molecule has 0 aromatic carbocycles. The summed E-state index contributed by atoms with van der Waals surface area (Å²) in [5.41, 5.74) is 1.89. The summed E-state index contributed by atoms with van der Waals surface area (Å²) in [5.74, 6) is 0.727. The number of aromatic nitrogens is 3. The van der Waals surface area contributed by atoms with Crippen LogP contribution in [0.3, 0.4) is 0 Å². The molecule has 0 spiro atoms. The molecule has 0 unspecified atom stereocenters. The van der Waals surface area contributed by atoms with Crippen molar-refractivity contribution in [3.63, 3.8) is 0 Å². The molecule has 2 amide bonds. The first-order valence-electron chi connectivity index (χ1n) is 12.5. The quantitative estimate of drug-likeness (QED) is 0.593. The van der Waals surface area contributed by atoms with Gasteiger partial charge in [0.15, 0.2) is 0 Å². The molecule has 10 heteroatoms. The number of ether oxygens (including phenoxy) is 1. The Morgan fingerprint density at radius 1 is 1.17 bits per heavy atom. The molecule has 3 heterocycles. The van der Waals surface area contributed by atoms with Crippen molar-refractivity contribution in [3.05, 3.63) is 39.1 Å². The predicted molar refractivity (Wildman–Crippen MR) is 128 cm³/mol. The number of fused-ring (bicyclic) bond motifs is 1. The Kier molecular flexibility index (Phi) is 7.87. The van der Waals surface area contributed by atoms with Crippen molar-refractivity contribution in [2.45, 2.75) is 71.4 Å². The van der Waals surface area contributed by atoms with Crippen molar-refractivity contribution in [1.82, 2.24) is 24.7 Å². The summed E-state index contributed by atoms with van der Waals surface area (Å²) < 4.78 is 11.8. The van der Waals surface area contributed by atoms with Gasteiger partial charge in [-0.05, 0) is 19.3 Å². The second-order valence-electron chi connectivity index (χ2n) is 9.66. The zero-order valence-corrected chi connectivity index (χ0v) is 20.9. The average molecular weight is 486 g/mol. The Labute approximate surface area is 205 Å². The molecule has 0 radical (unpaired) electrons. The minimum Gasteiger partial charge on any atom is -0.496 e. The normalized spacial score (nSPS) is 16.5. The maximum atomic E-state index is 13.5. The van der Waals surface area contributed by atoms with E-state index in [2.05, 4.69) is 10.3 Å². The summed E-state index contributed by atoms with van der Waals surface area (Å²) in [6, 6.07) is 1.36. The maximum Gasteiger partial charge on any atom is 0.259 e. The van der Waals surface area contributed by atoms with Gasteiger partial charge in [0.25, 0.3) is 11.5 Å². The van der Waals surface area contributed by atoms with E-state index in [1.54, 1.807) is 18.5 Å². The number of nitrogens with zero attached hydrogens (tertiary/aromatic N) is 5. The predicted octanol–water partition coefficient (Wildman–Crippen LogP) is 2.57. The minimum absolute atomic E-state index is 0.127. The lowest BCUT2D eigenvalue weighted by atomic mass is 9.86. The van der Waals surface area contributed by atoms with E-state index in [1.165, 1.54) is 50.2 Å². The summed E-state index contributed by atoms with van der Waals surface area (Å²) in [7, 11) is 3.11. The van der Waals surface area contributed by atoms with Crippen molar-refractivity contribution in [1.29, 1.82) is 0 Å². The zero-order chi connectivity index (χ0) is 24.9. The Balaban J connectivity index is 1.51. The number of carbonyl (C=O) groups is 2. The van der Waals surface area contributed by atoms with Crippen LogP contribution in [-0.4, -0.2) is 63.7 Å². The Morgan fingerprint density at radius 3 is 2.63 bits per heavy atom. The van der Waals surface area contributed by atoms with Gasteiger partial charge in [-0.15, -0.1) is 0 Å². The molecule has 35 heavy (non-hydrogen) atoms. The molecule has 0 N–H and O–H groups in total. The number of rotatable bonds is 7. The number of amides is 2. The fourth-order valence-corrected chi connectivity index (χ4v) is 5.23. The van der Waals surface area contributed by atoms with Gasteiger partial charge >= 0.3 is 0 Å². The van der Waals surface area contributed by atoms with E-state index >= 15 is 0 Å². The molecule has 4 rings (SSSR count). The Morgan fingerprint density at radius 2 is 1.94 bits per heavy atom. The van der Waals surface area contributed by atoms with Crippen LogP contribution in [-0.2, 0) is 24.3 Å². The molecular weight excluding hydrogens is 450 g/mol. The summed E-state index contributed by atoms with van der Waals surface area (Å²) in [4.78, 5) is 42.7. The monoisotopic (exact) mass is 485 g/mol. The van der Waals surface area contributed by atoms with Gasteiger partial charge in [-0.1, -0.05) is 42.4 Å². The lowest BCUT2D eigenvalue weighted by Crippen LogP contribution is -2.34. The molecule has 0 bridgehead atoms. The molecule has 1 fully saturated rings. The molecular formula is C25H35N5O5. The number of hydrogen-bond donors (Lipinski definition) is 0. The van der Waals surface area contributed by atoms with E-state index in [-0.39, 0.29) is 29.7 Å². The maximum absolute atomic E-state index is 13.5. The summed E-state index contributed by atoms with van der Waals surface area (Å²) in [6.45, 7) is 3.24. The second-order valence-corrected chi connectivity index (χ2v) is 9.66. The van der Waals surface area contributed by atoms with Crippen molar-refractivity contribution < 1.29 is 19.0 Å². The van der Waals surface area contributed by atoms with Gasteiger partial charge in [-0.2, -0.15) is 0 Å². The van der Waals surface area contributed by atoms with Crippen LogP contribution >= 0.6 is 0 Å². The van der Waals surface area contributed by atoms with E-state index in [4.69, 9.17) is 9.37 Å². The lowest BCUT2D eigenvalue weighted by Gasteiger charge is -2.24. The standard InChI is InChI=1S/C25H35N5O5/c1-17-19(27-35-26-17)16-28(2)25(33)24-20-11-12-29(13-14-30(20)23(32)15-21(24)34-3)22(31)10-9-18-7-5-4-6-8-18/h15,18H,4-14,16H2,1-3H3. The fraction of sp³-hybridized carbons (Fsp3) is 0.640. The van der Waals surface area contributed by atoms with Gasteiger partial charge in [0.05, 0.1) is 13.7 Å². The van der Waals surface area contributed by atoms with E-state index < -0.39 is 0 Å². The van der Waals surface area contributed by atoms with Crippen LogP contribution in [0, 0.1) is 12.8 Å². The Hall–Kier alpha value is -3.17. The number of methoxy groups -OCH3 is 1. The van der Waals surface area contributed by atoms with Gasteiger partial charge in [-0.25, -0.2) is 4.63 Å². The highest BCUT2D eigenvalue weighted by molar-refractivity contribution is 5.98. The number of hydrogen-bond acceptors (Lipinski definition) is 7.